The third-order valence-electron chi connectivity index (χ3n) is 5.31. The maximum atomic E-state index is 13.3. The van der Waals surface area contributed by atoms with Crippen molar-refractivity contribution in [3.05, 3.63) is 116 Å². The molecule has 2 aromatic heterocycles. The van der Waals surface area contributed by atoms with Gasteiger partial charge in [0.1, 0.15) is 6.54 Å². The van der Waals surface area contributed by atoms with Crippen LogP contribution in [0.15, 0.2) is 88.5 Å². The Morgan fingerprint density at radius 1 is 0.906 bits per heavy atom. The third kappa shape index (κ3) is 3.42. The first-order chi connectivity index (χ1) is 15.5. The Morgan fingerprint density at radius 2 is 1.66 bits per heavy atom. The molecule has 2 heterocycles. The van der Waals surface area contributed by atoms with E-state index in [1.54, 1.807) is 48.5 Å². The summed E-state index contributed by atoms with van der Waals surface area (Å²) >= 11 is 5.99. The first-order valence-electron chi connectivity index (χ1n) is 9.97. The van der Waals surface area contributed by atoms with Crippen molar-refractivity contribution in [2.24, 2.45) is 0 Å². The van der Waals surface area contributed by atoms with Crippen molar-refractivity contribution in [2.45, 2.75) is 13.1 Å². The Bertz CT molecular complexity index is 1600. The van der Waals surface area contributed by atoms with Crippen LogP contribution in [0.3, 0.4) is 0 Å². The summed E-state index contributed by atoms with van der Waals surface area (Å²) in [6.07, 6.45) is 0. The summed E-state index contributed by atoms with van der Waals surface area (Å²) in [6.45, 7) is -0.0264. The van der Waals surface area contributed by atoms with Gasteiger partial charge in [-0.1, -0.05) is 66.2 Å². The lowest BCUT2D eigenvalue weighted by Crippen LogP contribution is -2.27. The molecule has 5 aromatic rings. The van der Waals surface area contributed by atoms with Crippen molar-refractivity contribution in [2.75, 3.05) is 0 Å². The van der Waals surface area contributed by atoms with Gasteiger partial charge in [0.25, 0.3) is 5.56 Å². The van der Waals surface area contributed by atoms with Crippen molar-refractivity contribution in [1.29, 1.82) is 0 Å². The highest BCUT2D eigenvalue weighted by Gasteiger charge is 2.19. The van der Waals surface area contributed by atoms with Crippen LogP contribution in [-0.4, -0.2) is 24.5 Å². The molecule has 0 unspecified atom stereocenters. The van der Waals surface area contributed by atoms with Gasteiger partial charge in [0.15, 0.2) is 5.78 Å². The summed E-state index contributed by atoms with van der Waals surface area (Å²) in [5.74, 6) is -0.124. The molecule has 0 saturated carbocycles. The zero-order valence-corrected chi connectivity index (χ0v) is 17.6. The molecule has 0 amide bonds. The molecule has 0 atom stereocenters. The molecule has 0 aliphatic rings. The number of carbonyl (C=O) groups excluding carboxylic acids is 1. The molecule has 0 N–H and O–H groups in total. The fraction of sp³-hybridized carbons (Fsp3) is 0.0833. The molecule has 0 aliphatic carbocycles. The lowest BCUT2D eigenvalue weighted by molar-refractivity contribution is 0.0966. The maximum Gasteiger partial charge on any atom is 0.352 e. The van der Waals surface area contributed by atoms with E-state index < -0.39 is 5.69 Å². The van der Waals surface area contributed by atoms with Crippen LogP contribution in [-0.2, 0) is 13.1 Å². The molecule has 0 radical (unpaired) electrons. The van der Waals surface area contributed by atoms with E-state index in [9.17, 15) is 14.4 Å². The first-order valence-corrected chi connectivity index (χ1v) is 10.3. The average molecular weight is 445 g/mol. The molecular weight excluding hydrogens is 428 g/mol. The van der Waals surface area contributed by atoms with Crippen molar-refractivity contribution >= 4 is 34.1 Å². The summed E-state index contributed by atoms with van der Waals surface area (Å²) in [6, 6.07) is 22.9. The molecule has 7 nitrogen and oxygen atoms in total. The predicted octanol–water partition coefficient (Wildman–Crippen LogP) is 3.40. The van der Waals surface area contributed by atoms with Gasteiger partial charge in [-0.15, -0.1) is 5.10 Å². The summed E-state index contributed by atoms with van der Waals surface area (Å²) in [5, 5.41) is 5.22. The van der Waals surface area contributed by atoms with E-state index in [4.69, 9.17) is 11.6 Å². The molecule has 8 heteroatoms. The van der Waals surface area contributed by atoms with Gasteiger partial charge in [-0.3, -0.25) is 14.2 Å². The number of Topliss-reactive ketones (excluding diaryl/α,β-unsaturated/α-hetero) is 1. The number of fused-ring (bicyclic) bond motifs is 3. The molecule has 0 fully saturated rings. The van der Waals surface area contributed by atoms with Gasteiger partial charge in [-0.2, -0.15) is 0 Å². The topological polar surface area (TPSA) is 78.4 Å². The molecule has 0 aliphatic heterocycles. The zero-order chi connectivity index (χ0) is 22.2. The summed E-state index contributed by atoms with van der Waals surface area (Å²) in [4.78, 5) is 39.3. The number of nitrogens with zero attached hydrogens (tertiary/aromatic N) is 4. The minimum absolute atomic E-state index is 0.182. The van der Waals surface area contributed by atoms with Crippen LogP contribution in [0, 0.1) is 0 Å². The number of ketones is 1. The number of hydrogen-bond donors (Lipinski definition) is 0. The Labute approximate surface area is 186 Å². The maximum absolute atomic E-state index is 13.3. The van der Waals surface area contributed by atoms with Gasteiger partial charge < -0.3 is 0 Å². The smallest absolute Gasteiger partial charge is 0.292 e. The monoisotopic (exact) mass is 444 g/mol. The second-order valence-electron chi connectivity index (χ2n) is 7.40. The number of halogens is 1. The van der Waals surface area contributed by atoms with Crippen LogP contribution in [0.5, 0.6) is 0 Å². The molecule has 158 valence electrons. The van der Waals surface area contributed by atoms with Crippen molar-refractivity contribution in [3.8, 4) is 0 Å². The molecule has 0 spiro atoms. The SMILES string of the molecule is O=C(Cn1nc2n(Cc3ccccc3)c(=O)c3ccccc3n2c1=O)c1cccc(Cl)c1. The van der Waals surface area contributed by atoms with Crippen LogP contribution in [0.2, 0.25) is 5.02 Å². The van der Waals surface area contributed by atoms with Crippen LogP contribution in [0.25, 0.3) is 16.7 Å². The predicted molar refractivity (Wildman–Crippen MR) is 123 cm³/mol. The average Bonchev–Trinajstić information content (AvgIpc) is 3.13. The third-order valence-corrected chi connectivity index (χ3v) is 5.54. The van der Waals surface area contributed by atoms with E-state index >= 15 is 0 Å². The summed E-state index contributed by atoms with van der Waals surface area (Å²) in [7, 11) is 0. The Kier molecular flexibility index (Phi) is 4.95. The molecule has 32 heavy (non-hydrogen) atoms. The number of carbonyl (C=O) groups is 1. The molecule has 3 aromatic carbocycles. The van der Waals surface area contributed by atoms with Gasteiger partial charge in [0.05, 0.1) is 17.4 Å². The lowest BCUT2D eigenvalue weighted by Gasteiger charge is -2.09. The number of rotatable bonds is 5. The molecule has 5 rings (SSSR count). The molecule has 0 saturated heterocycles. The summed E-state index contributed by atoms with van der Waals surface area (Å²) in [5.41, 5.74) is 0.976. The Balaban J connectivity index is 1.70. The van der Waals surface area contributed by atoms with E-state index in [0.29, 0.717) is 21.5 Å². The highest BCUT2D eigenvalue weighted by Crippen LogP contribution is 2.14. The van der Waals surface area contributed by atoms with Gasteiger partial charge in [0.2, 0.25) is 5.78 Å². The van der Waals surface area contributed by atoms with Crippen LogP contribution in [0.4, 0.5) is 0 Å². The summed E-state index contributed by atoms with van der Waals surface area (Å²) < 4.78 is 3.93. The fourth-order valence-corrected chi connectivity index (χ4v) is 3.96. The van der Waals surface area contributed by atoms with Gasteiger partial charge >= 0.3 is 5.69 Å². The highest BCUT2D eigenvalue weighted by molar-refractivity contribution is 6.31. The molecular formula is C24H17ClN4O3. The van der Waals surface area contributed by atoms with Crippen LogP contribution >= 0.6 is 11.6 Å². The van der Waals surface area contributed by atoms with Gasteiger partial charge in [-0.05, 0) is 29.8 Å². The van der Waals surface area contributed by atoms with Crippen LogP contribution in [0.1, 0.15) is 15.9 Å². The molecule has 0 bridgehead atoms. The Hall–Kier alpha value is -3.97. The fourth-order valence-electron chi connectivity index (χ4n) is 3.77. The standard InChI is InChI=1S/C24H17ClN4O3/c25-18-10-6-9-17(13-18)21(30)15-28-24(32)29-20-12-5-4-11-19(20)22(31)27(23(29)26-28)14-16-7-2-1-3-8-16/h1-13H,14-15H2. The van der Waals surface area contributed by atoms with Crippen LogP contribution < -0.4 is 11.2 Å². The van der Waals surface area contributed by atoms with Crippen molar-refractivity contribution in [1.82, 2.24) is 18.7 Å². The lowest BCUT2D eigenvalue weighted by atomic mass is 10.1. The van der Waals surface area contributed by atoms with Gasteiger partial charge in [0, 0.05) is 10.6 Å². The quantitative estimate of drug-likeness (QED) is 0.389. The number of para-hydroxylation sites is 1. The van der Waals surface area contributed by atoms with E-state index in [1.807, 2.05) is 30.3 Å². The highest BCUT2D eigenvalue weighted by atomic mass is 35.5. The number of aromatic nitrogens is 4. The normalized spacial score (nSPS) is 11.3. The van der Waals surface area contributed by atoms with E-state index in [1.165, 1.54) is 8.97 Å². The van der Waals surface area contributed by atoms with Crippen molar-refractivity contribution in [3.63, 3.8) is 0 Å². The van der Waals surface area contributed by atoms with E-state index in [-0.39, 0.29) is 30.2 Å². The van der Waals surface area contributed by atoms with E-state index in [0.717, 1.165) is 10.2 Å². The second-order valence-corrected chi connectivity index (χ2v) is 7.84. The van der Waals surface area contributed by atoms with E-state index in [2.05, 4.69) is 5.10 Å². The minimum atomic E-state index is -0.492. The first kappa shape index (κ1) is 20.0. The largest absolute Gasteiger partial charge is 0.352 e. The Morgan fingerprint density at radius 3 is 2.44 bits per heavy atom. The second kappa shape index (κ2) is 7.94. The number of hydrogen-bond acceptors (Lipinski definition) is 4. The minimum Gasteiger partial charge on any atom is -0.292 e. The van der Waals surface area contributed by atoms with Crippen molar-refractivity contribution < 1.29 is 4.79 Å². The van der Waals surface area contributed by atoms with Gasteiger partial charge in [-0.25, -0.2) is 13.9 Å². The zero-order valence-electron chi connectivity index (χ0n) is 16.8. The number of benzene rings is 3.